The average Bonchev–Trinajstić information content (AvgIpc) is 3.04. The first kappa shape index (κ1) is 19.8. The van der Waals surface area contributed by atoms with Crippen molar-refractivity contribution in [1.82, 2.24) is 4.98 Å². The minimum Gasteiger partial charge on any atom is -0.480 e. The third kappa shape index (κ3) is 5.30. The lowest BCUT2D eigenvalue weighted by Crippen LogP contribution is -2.31. The molecule has 0 amide bonds. The molecule has 0 aliphatic heterocycles. The van der Waals surface area contributed by atoms with Gasteiger partial charge < -0.3 is 10.4 Å². The largest absolute Gasteiger partial charge is 0.480 e. The maximum absolute atomic E-state index is 11.6. The second kappa shape index (κ2) is 8.85. The average molecular weight is 611 g/mol. The second-order valence-electron chi connectivity index (χ2n) is 5.56. The van der Waals surface area contributed by atoms with Gasteiger partial charge in [0.15, 0.2) is 5.13 Å². The Morgan fingerprint density at radius 2 is 1.85 bits per heavy atom. The number of hydrogen-bond donors (Lipinski definition) is 2. The number of nitrogens with one attached hydrogen (secondary N) is 1. The van der Waals surface area contributed by atoms with Gasteiger partial charge in [0.1, 0.15) is 6.04 Å². The highest BCUT2D eigenvalue weighted by molar-refractivity contribution is 14.1. The standard InChI is InChI=1S/C18H13ClI2N2O2S/c19-12-3-1-10(2-4-12)5-15(17(24)25)22-18-23-16(9-26-18)11-6-13(20)8-14(21)7-11/h1-4,6-9,15H,5H2,(H,22,23)(H,24,25). The number of anilines is 1. The number of benzene rings is 2. The van der Waals surface area contributed by atoms with E-state index in [0.29, 0.717) is 16.6 Å². The van der Waals surface area contributed by atoms with Crippen LogP contribution in [0.5, 0.6) is 0 Å². The molecule has 26 heavy (non-hydrogen) atoms. The summed E-state index contributed by atoms with van der Waals surface area (Å²) >= 11 is 11.8. The molecule has 0 aliphatic rings. The molecule has 1 unspecified atom stereocenters. The van der Waals surface area contributed by atoms with Gasteiger partial charge in [-0.1, -0.05) is 23.7 Å². The molecule has 0 spiro atoms. The zero-order valence-corrected chi connectivity index (χ0v) is 19.1. The van der Waals surface area contributed by atoms with E-state index < -0.39 is 12.0 Å². The van der Waals surface area contributed by atoms with Crippen molar-refractivity contribution < 1.29 is 9.90 Å². The topological polar surface area (TPSA) is 62.2 Å². The molecule has 2 N–H and O–H groups in total. The number of aromatic nitrogens is 1. The van der Waals surface area contributed by atoms with Gasteiger partial charge in [0.05, 0.1) is 5.69 Å². The highest BCUT2D eigenvalue weighted by Gasteiger charge is 2.19. The zero-order valence-electron chi connectivity index (χ0n) is 13.2. The van der Waals surface area contributed by atoms with Gasteiger partial charge in [-0.05, 0) is 81.1 Å². The Morgan fingerprint density at radius 1 is 1.19 bits per heavy atom. The highest BCUT2D eigenvalue weighted by atomic mass is 127. The second-order valence-corrected chi connectivity index (χ2v) is 9.35. The Kier molecular flexibility index (Phi) is 6.76. The molecule has 1 heterocycles. The Bertz CT molecular complexity index is 911. The molecule has 0 radical (unpaired) electrons. The summed E-state index contributed by atoms with van der Waals surface area (Å²) < 4.78 is 2.27. The monoisotopic (exact) mass is 610 g/mol. The number of carboxylic acids is 1. The zero-order chi connectivity index (χ0) is 18.7. The molecule has 0 saturated carbocycles. The molecule has 4 nitrogen and oxygen atoms in total. The van der Waals surface area contributed by atoms with E-state index in [4.69, 9.17) is 11.6 Å². The number of carboxylic acid groups (broad SMARTS) is 1. The summed E-state index contributed by atoms with van der Waals surface area (Å²) in [7, 11) is 0. The van der Waals surface area contributed by atoms with Crippen LogP contribution in [0.2, 0.25) is 5.02 Å². The molecule has 0 saturated heterocycles. The maximum Gasteiger partial charge on any atom is 0.326 e. The van der Waals surface area contributed by atoms with Crippen molar-refractivity contribution in [2.24, 2.45) is 0 Å². The lowest BCUT2D eigenvalue weighted by atomic mass is 10.1. The summed E-state index contributed by atoms with van der Waals surface area (Å²) in [6.07, 6.45) is 0.350. The van der Waals surface area contributed by atoms with Crippen LogP contribution in [0.1, 0.15) is 5.56 Å². The fraction of sp³-hybridized carbons (Fsp3) is 0.111. The highest BCUT2D eigenvalue weighted by Crippen LogP contribution is 2.28. The minimum absolute atomic E-state index is 0.350. The van der Waals surface area contributed by atoms with Crippen LogP contribution in [0.25, 0.3) is 11.3 Å². The van der Waals surface area contributed by atoms with E-state index in [1.165, 1.54) is 11.3 Å². The summed E-state index contributed by atoms with van der Waals surface area (Å²) in [6.45, 7) is 0. The summed E-state index contributed by atoms with van der Waals surface area (Å²) in [5.41, 5.74) is 2.76. The van der Waals surface area contributed by atoms with Crippen molar-refractivity contribution in [2.75, 3.05) is 5.32 Å². The molecular weight excluding hydrogens is 598 g/mol. The van der Waals surface area contributed by atoms with Crippen molar-refractivity contribution >= 4 is 79.2 Å². The lowest BCUT2D eigenvalue weighted by Gasteiger charge is -2.13. The van der Waals surface area contributed by atoms with E-state index in [9.17, 15) is 9.90 Å². The van der Waals surface area contributed by atoms with Crippen molar-refractivity contribution in [3.05, 3.63) is 65.6 Å². The smallest absolute Gasteiger partial charge is 0.326 e. The quantitative estimate of drug-likeness (QED) is 0.348. The number of aliphatic carboxylic acids is 1. The van der Waals surface area contributed by atoms with E-state index in [1.54, 1.807) is 12.1 Å². The van der Waals surface area contributed by atoms with E-state index in [1.807, 2.05) is 17.5 Å². The molecule has 1 aromatic heterocycles. The van der Waals surface area contributed by atoms with Crippen molar-refractivity contribution in [3.63, 3.8) is 0 Å². The predicted molar refractivity (Wildman–Crippen MR) is 123 cm³/mol. The van der Waals surface area contributed by atoms with Crippen LogP contribution in [0.3, 0.4) is 0 Å². The van der Waals surface area contributed by atoms with Crippen LogP contribution >= 0.6 is 68.1 Å². The molecule has 8 heteroatoms. The van der Waals surface area contributed by atoms with E-state index in [-0.39, 0.29) is 0 Å². The molecular formula is C18H13ClI2N2O2S. The van der Waals surface area contributed by atoms with Crippen LogP contribution in [0, 0.1) is 7.14 Å². The number of hydrogen-bond acceptors (Lipinski definition) is 4. The molecule has 0 aliphatic carbocycles. The number of thiazole rings is 1. The van der Waals surface area contributed by atoms with Crippen molar-refractivity contribution in [2.45, 2.75) is 12.5 Å². The fourth-order valence-electron chi connectivity index (χ4n) is 2.38. The lowest BCUT2D eigenvalue weighted by molar-refractivity contribution is -0.137. The van der Waals surface area contributed by atoms with Crippen LogP contribution in [0.15, 0.2) is 47.8 Å². The van der Waals surface area contributed by atoms with E-state index >= 15 is 0 Å². The van der Waals surface area contributed by atoms with Gasteiger partial charge in [0.25, 0.3) is 0 Å². The van der Waals surface area contributed by atoms with Gasteiger partial charge in [-0.3, -0.25) is 0 Å². The molecule has 2 aromatic carbocycles. The summed E-state index contributed by atoms with van der Waals surface area (Å²) in [5.74, 6) is -0.916. The third-order valence-electron chi connectivity index (χ3n) is 3.61. The summed E-state index contributed by atoms with van der Waals surface area (Å²) in [4.78, 5) is 16.2. The predicted octanol–water partition coefficient (Wildman–Crippen LogP) is 5.78. The van der Waals surface area contributed by atoms with E-state index in [0.717, 1.165) is 24.0 Å². The molecule has 1 atom stereocenters. The van der Waals surface area contributed by atoms with Crippen molar-refractivity contribution in [3.8, 4) is 11.3 Å². The third-order valence-corrected chi connectivity index (χ3v) is 5.88. The molecule has 3 aromatic rings. The first-order valence-corrected chi connectivity index (χ1v) is 11.0. The maximum atomic E-state index is 11.6. The van der Waals surface area contributed by atoms with Crippen LogP contribution in [-0.2, 0) is 11.2 Å². The van der Waals surface area contributed by atoms with Crippen LogP contribution in [0.4, 0.5) is 5.13 Å². The fourth-order valence-corrected chi connectivity index (χ4v) is 5.22. The minimum atomic E-state index is -0.916. The number of rotatable bonds is 6. The van der Waals surface area contributed by atoms with Gasteiger partial charge in [-0.2, -0.15) is 0 Å². The SMILES string of the molecule is O=C(O)C(Cc1ccc(Cl)cc1)Nc1nc(-c2cc(I)cc(I)c2)cs1. The first-order chi connectivity index (χ1) is 12.4. The number of nitrogens with zero attached hydrogens (tertiary/aromatic N) is 1. The normalized spacial score (nSPS) is 12.0. The Balaban J connectivity index is 1.76. The van der Waals surface area contributed by atoms with E-state index in [2.05, 4.69) is 73.7 Å². The number of carbonyl (C=O) groups is 1. The van der Waals surface area contributed by atoms with Gasteiger partial charge in [0, 0.05) is 29.5 Å². The molecule has 0 bridgehead atoms. The Hall–Kier alpha value is -0.910. The Morgan fingerprint density at radius 3 is 2.46 bits per heavy atom. The van der Waals surface area contributed by atoms with Gasteiger partial charge in [-0.25, -0.2) is 9.78 Å². The van der Waals surface area contributed by atoms with Gasteiger partial charge in [0.2, 0.25) is 0 Å². The first-order valence-electron chi connectivity index (χ1n) is 7.56. The van der Waals surface area contributed by atoms with Crippen LogP contribution in [-0.4, -0.2) is 22.1 Å². The summed E-state index contributed by atoms with van der Waals surface area (Å²) in [5, 5.41) is 15.7. The molecule has 0 fully saturated rings. The Labute approximate surface area is 187 Å². The number of halogens is 3. The van der Waals surface area contributed by atoms with Gasteiger partial charge in [-0.15, -0.1) is 11.3 Å². The van der Waals surface area contributed by atoms with Crippen molar-refractivity contribution in [1.29, 1.82) is 0 Å². The molecule has 134 valence electrons. The molecule has 3 rings (SSSR count). The van der Waals surface area contributed by atoms with Crippen LogP contribution < -0.4 is 5.32 Å². The van der Waals surface area contributed by atoms with Gasteiger partial charge >= 0.3 is 5.97 Å². The summed E-state index contributed by atoms with van der Waals surface area (Å²) in [6, 6.07) is 12.6.